The minimum atomic E-state index is -0.680. The molecule has 0 fully saturated rings. The van der Waals surface area contributed by atoms with Gasteiger partial charge in [-0.3, -0.25) is 9.59 Å². The molecule has 1 aliphatic carbocycles. The lowest BCUT2D eigenvalue weighted by Crippen LogP contribution is -2.31. The van der Waals surface area contributed by atoms with Gasteiger partial charge in [-0.25, -0.2) is 0 Å². The van der Waals surface area contributed by atoms with Crippen LogP contribution in [0, 0.1) is 6.92 Å². The maximum Gasteiger partial charge on any atom is 0.265 e. The molecule has 0 bridgehead atoms. The van der Waals surface area contributed by atoms with Crippen LogP contribution in [0.1, 0.15) is 46.1 Å². The second-order valence-electron chi connectivity index (χ2n) is 6.29. The first-order valence-corrected chi connectivity index (χ1v) is 9.26. The number of thiophene rings is 1. The average Bonchev–Trinajstić information content (AvgIpc) is 2.94. The summed E-state index contributed by atoms with van der Waals surface area (Å²) < 4.78 is 5.76. The van der Waals surface area contributed by atoms with Crippen LogP contribution >= 0.6 is 11.3 Å². The Morgan fingerprint density at radius 2 is 1.96 bits per heavy atom. The summed E-state index contributed by atoms with van der Waals surface area (Å²) in [7, 11) is 0. The maximum atomic E-state index is 12.5. The van der Waals surface area contributed by atoms with Crippen molar-refractivity contribution in [2.45, 2.75) is 45.6 Å². The van der Waals surface area contributed by atoms with Crippen LogP contribution in [-0.4, -0.2) is 17.9 Å². The van der Waals surface area contributed by atoms with E-state index in [0.29, 0.717) is 16.3 Å². The molecule has 6 heteroatoms. The number of ether oxygens (including phenoxy) is 1. The molecule has 132 valence electrons. The summed E-state index contributed by atoms with van der Waals surface area (Å²) in [6.07, 6.45) is 3.25. The zero-order valence-corrected chi connectivity index (χ0v) is 15.2. The lowest BCUT2D eigenvalue weighted by Gasteiger charge is -2.16. The van der Waals surface area contributed by atoms with Gasteiger partial charge in [0.1, 0.15) is 10.8 Å². The third-order valence-electron chi connectivity index (χ3n) is 4.42. The fourth-order valence-corrected chi connectivity index (χ4v) is 4.36. The van der Waals surface area contributed by atoms with Gasteiger partial charge in [0.15, 0.2) is 6.10 Å². The molecule has 1 aliphatic rings. The number of anilines is 1. The van der Waals surface area contributed by atoms with Gasteiger partial charge in [0.25, 0.3) is 11.8 Å². The van der Waals surface area contributed by atoms with Gasteiger partial charge in [-0.15, -0.1) is 11.3 Å². The number of rotatable bonds is 5. The number of hydrogen-bond donors (Lipinski definition) is 2. The van der Waals surface area contributed by atoms with E-state index in [1.165, 1.54) is 11.3 Å². The van der Waals surface area contributed by atoms with Crippen molar-refractivity contribution in [3.8, 4) is 5.75 Å². The number of para-hydroxylation sites is 1. The summed E-state index contributed by atoms with van der Waals surface area (Å²) in [4.78, 5) is 25.6. The van der Waals surface area contributed by atoms with Crippen LogP contribution in [0.2, 0.25) is 0 Å². The number of carbonyl (C=O) groups is 2. The predicted molar refractivity (Wildman–Crippen MR) is 99.4 cm³/mol. The Morgan fingerprint density at radius 3 is 2.68 bits per heavy atom. The van der Waals surface area contributed by atoms with E-state index in [1.54, 1.807) is 6.92 Å². The Kier molecular flexibility index (Phi) is 5.08. The van der Waals surface area contributed by atoms with E-state index in [9.17, 15) is 9.59 Å². The van der Waals surface area contributed by atoms with Crippen LogP contribution in [0.15, 0.2) is 24.3 Å². The van der Waals surface area contributed by atoms with Crippen LogP contribution in [0.4, 0.5) is 5.00 Å². The molecule has 3 rings (SSSR count). The molecule has 25 heavy (non-hydrogen) atoms. The number of fused-ring (bicyclic) bond motifs is 1. The summed E-state index contributed by atoms with van der Waals surface area (Å²) in [6.45, 7) is 3.62. The fraction of sp³-hybridized carbons (Fsp3) is 0.368. The molecular formula is C19H22N2O3S. The molecule has 5 nitrogen and oxygen atoms in total. The summed E-state index contributed by atoms with van der Waals surface area (Å²) in [5, 5.41) is 3.39. The first kappa shape index (κ1) is 17.5. The number of hydrogen-bond acceptors (Lipinski definition) is 4. The standard InChI is InChI=1S/C19H22N2O3S/c1-11-7-3-5-9-14(11)24-12(2)18(23)21-19-16(17(20)22)13-8-4-6-10-15(13)25-19/h3,5,7,9,12H,4,6,8,10H2,1-2H3,(H2,20,22)(H,21,23)/t12-/m1/s1. The van der Waals surface area contributed by atoms with E-state index in [0.717, 1.165) is 41.7 Å². The first-order chi connectivity index (χ1) is 12.0. The summed E-state index contributed by atoms with van der Waals surface area (Å²) in [5.74, 6) is -0.0997. The largest absolute Gasteiger partial charge is 0.481 e. The van der Waals surface area contributed by atoms with Crippen molar-refractivity contribution in [1.29, 1.82) is 0 Å². The van der Waals surface area contributed by atoms with Gasteiger partial charge in [-0.05, 0) is 56.7 Å². The van der Waals surface area contributed by atoms with Gasteiger partial charge in [0.2, 0.25) is 0 Å². The molecule has 2 amide bonds. The van der Waals surface area contributed by atoms with Crippen molar-refractivity contribution in [3.63, 3.8) is 0 Å². The monoisotopic (exact) mass is 358 g/mol. The lowest BCUT2D eigenvalue weighted by molar-refractivity contribution is -0.122. The molecule has 0 radical (unpaired) electrons. The van der Waals surface area contributed by atoms with Crippen molar-refractivity contribution < 1.29 is 14.3 Å². The van der Waals surface area contributed by atoms with Crippen LogP contribution < -0.4 is 15.8 Å². The SMILES string of the molecule is Cc1ccccc1O[C@H](C)C(=O)Nc1sc2c(c1C(N)=O)CCCC2. The quantitative estimate of drug-likeness (QED) is 0.859. The third kappa shape index (κ3) is 3.69. The Labute approximate surface area is 151 Å². The van der Waals surface area contributed by atoms with Crippen LogP contribution in [0.25, 0.3) is 0 Å². The summed E-state index contributed by atoms with van der Waals surface area (Å²) in [5.41, 5.74) is 8.00. The van der Waals surface area contributed by atoms with Crippen molar-refractivity contribution in [1.82, 2.24) is 0 Å². The topological polar surface area (TPSA) is 81.4 Å². The normalized spacial score (nSPS) is 14.5. The average molecular weight is 358 g/mol. The van der Waals surface area contributed by atoms with Crippen molar-refractivity contribution in [2.24, 2.45) is 5.73 Å². The Bertz CT molecular complexity index is 813. The minimum absolute atomic E-state index is 0.288. The lowest BCUT2D eigenvalue weighted by atomic mass is 9.95. The predicted octanol–water partition coefficient (Wildman–Crippen LogP) is 3.44. The van der Waals surface area contributed by atoms with Crippen LogP contribution in [-0.2, 0) is 17.6 Å². The van der Waals surface area contributed by atoms with Gasteiger partial charge < -0.3 is 15.8 Å². The second kappa shape index (κ2) is 7.27. The summed E-state index contributed by atoms with van der Waals surface area (Å²) >= 11 is 1.46. The highest BCUT2D eigenvalue weighted by atomic mass is 32.1. The van der Waals surface area contributed by atoms with E-state index in [-0.39, 0.29) is 5.91 Å². The van der Waals surface area contributed by atoms with Crippen LogP contribution in [0.3, 0.4) is 0 Å². The Hall–Kier alpha value is -2.34. The Morgan fingerprint density at radius 1 is 1.24 bits per heavy atom. The molecule has 1 aromatic carbocycles. The van der Waals surface area contributed by atoms with Gasteiger partial charge in [-0.1, -0.05) is 18.2 Å². The highest BCUT2D eigenvalue weighted by Crippen LogP contribution is 2.38. The molecule has 0 aliphatic heterocycles. The van der Waals surface area contributed by atoms with E-state index >= 15 is 0 Å². The highest BCUT2D eigenvalue weighted by Gasteiger charge is 2.26. The molecule has 1 atom stereocenters. The van der Waals surface area contributed by atoms with E-state index < -0.39 is 12.0 Å². The maximum absolute atomic E-state index is 12.5. The summed E-state index contributed by atoms with van der Waals surface area (Å²) in [6, 6.07) is 7.55. The van der Waals surface area contributed by atoms with Gasteiger partial charge in [0.05, 0.1) is 5.56 Å². The Balaban J connectivity index is 1.77. The molecular weight excluding hydrogens is 336 g/mol. The fourth-order valence-electron chi connectivity index (χ4n) is 3.06. The molecule has 0 spiro atoms. The van der Waals surface area contributed by atoms with Gasteiger partial charge >= 0.3 is 0 Å². The number of amides is 2. The zero-order chi connectivity index (χ0) is 18.0. The number of aryl methyl sites for hydroxylation is 2. The number of nitrogens with one attached hydrogen (secondary N) is 1. The number of nitrogens with two attached hydrogens (primary N) is 1. The van der Waals surface area contributed by atoms with Gasteiger partial charge in [0, 0.05) is 4.88 Å². The molecule has 3 N–H and O–H groups in total. The molecule has 0 saturated carbocycles. The van der Waals surface area contributed by atoms with Crippen molar-refractivity contribution in [2.75, 3.05) is 5.32 Å². The van der Waals surface area contributed by atoms with E-state index in [1.807, 2.05) is 31.2 Å². The molecule has 0 unspecified atom stereocenters. The van der Waals surface area contributed by atoms with Crippen molar-refractivity contribution in [3.05, 3.63) is 45.8 Å². The van der Waals surface area contributed by atoms with Gasteiger partial charge in [-0.2, -0.15) is 0 Å². The van der Waals surface area contributed by atoms with E-state index in [2.05, 4.69) is 5.32 Å². The highest BCUT2D eigenvalue weighted by molar-refractivity contribution is 7.17. The van der Waals surface area contributed by atoms with E-state index in [4.69, 9.17) is 10.5 Å². The number of benzene rings is 1. The molecule has 1 heterocycles. The smallest absolute Gasteiger partial charge is 0.265 e. The first-order valence-electron chi connectivity index (χ1n) is 8.45. The second-order valence-corrected chi connectivity index (χ2v) is 7.40. The molecule has 2 aromatic rings. The third-order valence-corrected chi connectivity index (χ3v) is 5.63. The molecule has 1 aromatic heterocycles. The van der Waals surface area contributed by atoms with Crippen LogP contribution in [0.5, 0.6) is 5.75 Å². The number of carbonyl (C=O) groups excluding carboxylic acids is 2. The minimum Gasteiger partial charge on any atom is -0.481 e. The number of primary amides is 1. The van der Waals surface area contributed by atoms with Crippen molar-refractivity contribution >= 4 is 28.2 Å². The zero-order valence-electron chi connectivity index (χ0n) is 14.4. The molecule has 0 saturated heterocycles.